The van der Waals surface area contributed by atoms with Gasteiger partial charge in [-0.3, -0.25) is 4.79 Å². The summed E-state index contributed by atoms with van der Waals surface area (Å²) in [6.45, 7) is 14.4. The van der Waals surface area contributed by atoms with Crippen LogP contribution in [0.5, 0.6) is 5.75 Å². The van der Waals surface area contributed by atoms with Gasteiger partial charge in [0, 0.05) is 0 Å². The maximum absolute atomic E-state index is 12.0. The van der Waals surface area contributed by atoms with Gasteiger partial charge in [-0.1, -0.05) is 61.0 Å². The highest BCUT2D eigenvalue weighted by Crippen LogP contribution is 2.39. The van der Waals surface area contributed by atoms with E-state index in [-0.39, 0.29) is 16.6 Å². The average Bonchev–Trinajstić information content (AvgIpc) is 2.40. The third-order valence-electron chi connectivity index (χ3n) is 4.36. The summed E-state index contributed by atoms with van der Waals surface area (Å²) in [6, 6.07) is 3.73. The van der Waals surface area contributed by atoms with Gasteiger partial charge in [-0.15, -0.1) is 0 Å². The fourth-order valence-corrected chi connectivity index (χ4v) is 3.10. The zero-order valence-corrected chi connectivity index (χ0v) is 16.4. The zero-order valence-electron chi connectivity index (χ0n) is 16.4. The Hall–Kier alpha value is -1.51. The van der Waals surface area contributed by atoms with Crippen LogP contribution in [0.3, 0.4) is 0 Å². The molecule has 0 aromatic heterocycles. The summed E-state index contributed by atoms with van der Waals surface area (Å²) in [7, 11) is 0. The summed E-state index contributed by atoms with van der Waals surface area (Å²) in [5.41, 5.74) is 2.35. The molecule has 2 N–H and O–H groups in total. The van der Waals surface area contributed by atoms with Crippen molar-refractivity contribution in [1.29, 1.82) is 0 Å². The van der Waals surface area contributed by atoms with Crippen molar-refractivity contribution in [1.82, 2.24) is 0 Å². The molecule has 3 heteroatoms. The second-order valence-electron chi connectivity index (χ2n) is 9.08. The molecule has 3 nitrogen and oxygen atoms in total. The van der Waals surface area contributed by atoms with E-state index in [1.165, 1.54) is 0 Å². The first-order valence-corrected chi connectivity index (χ1v) is 8.96. The van der Waals surface area contributed by atoms with Crippen LogP contribution in [0.1, 0.15) is 90.3 Å². The monoisotopic (exact) mass is 334 g/mol. The molecule has 1 unspecified atom stereocenters. The van der Waals surface area contributed by atoms with E-state index in [4.69, 9.17) is 0 Å². The Morgan fingerprint density at radius 1 is 1.12 bits per heavy atom. The summed E-state index contributed by atoms with van der Waals surface area (Å²) in [5, 5.41) is 20.3. The fourth-order valence-electron chi connectivity index (χ4n) is 3.10. The molecule has 1 rings (SSSR count). The number of phenolic OH excluding ortho intramolecular Hbond substituents is 1. The molecule has 0 spiro atoms. The molecule has 0 radical (unpaired) electrons. The van der Waals surface area contributed by atoms with E-state index in [0.29, 0.717) is 6.42 Å². The van der Waals surface area contributed by atoms with Crippen molar-refractivity contribution < 1.29 is 15.0 Å². The molecule has 0 heterocycles. The van der Waals surface area contributed by atoms with Gasteiger partial charge >= 0.3 is 5.97 Å². The van der Waals surface area contributed by atoms with E-state index >= 15 is 0 Å². The van der Waals surface area contributed by atoms with Crippen LogP contribution >= 0.6 is 0 Å². The highest BCUT2D eigenvalue weighted by Gasteiger charge is 2.30. The number of carboxylic acid groups (broad SMARTS) is 1. The number of phenols is 1. The van der Waals surface area contributed by atoms with Crippen LogP contribution < -0.4 is 0 Å². The standard InChI is InChI=1S/C21H34O3/c1-8-9-10-14-11-18(22)17(21(5,6)7)12-15(14)16(19(23)24)13-20(2,3)4/h11-12,16,22H,8-10,13H2,1-7H3,(H,23,24). The van der Waals surface area contributed by atoms with Gasteiger partial charge < -0.3 is 10.2 Å². The van der Waals surface area contributed by atoms with Crippen LogP contribution in [-0.4, -0.2) is 16.2 Å². The molecule has 0 amide bonds. The van der Waals surface area contributed by atoms with Gasteiger partial charge in [0.2, 0.25) is 0 Å². The van der Waals surface area contributed by atoms with Crippen LogP contribution in [0.4, 0.5) is 0 Å². The van der Waals surface area contributed by atoms with Gasteiger partial charge in [-0.25, -0.2) is 0 Å². The lowest BCUT2D eigenvalue weighted by atomic mass is 9.76. The molecule has 24 heavy (non-hydrogen) atoms. The molecule has 0 saturated heterocycles. The molecule has 136 valence electrons. The van der Waals surface area contributed by atoms with Crippen LogP contribution in [0.25, 0.3) is 0 Å². The minimum atomic E-state index is -0.784. The van der Waals surface area contributed by atoms with Crippen LogP contribution in [0, 0.1) is 5.41 Å². The lowest BCUT2D eigenvalue weighted by Gasteiger charge is -2.28. The summed E-state index contributed by atoms with van der Waals surface area (Å²) in [4.78, 5) is 12.0. The van der Waals surface area contributed by atoms with Crippen LogP contribution in [0.15, 0.2) is 12.1 Å². The molecular weight excluding hydrogens is 300 g/mol. The Balaban J connectivity index is 3.50. The van der Waals surface area contributed by atoms with E-state index < -0.39 is 11.9 Å². The number of benzene rings is 1. The number of carbonyl (C=O) groups is 1. The van der Waals surface area contributed by atoms with Crippen molar-refractivity contribution in [2.45, 2.75) is 85.5 Å². The van der Waals surface area contributed by atoms with Gasteiger partial charge in [-0.05, 0) is 52.8 Å². The van der Waals surface area contributed by atoms with Gasteiger partial charge in [0.25, 0.3) is 0 Å². The van der Waals surface area contributed by atoms with Crippen LogP contribution in [-0.2, 0) is 16.6 Å². The molecule has 0 aliphatic carbocycles. The van der Waals surface area contributed by atoms with Gasteiger partial charge in [0.05, 0.1) is 5.92 Å². The maximum atomic E-state index is 12.0. The Labute approximate surface area is 147 Å². The Morgan fingerprint density at radius 3 is 2.12 bits per heavy atom. The van der Waals surface area contributed by atoms with Crippen molar-refractivity contribution >= 4 is 5.97 Å². The smallest absolute Gasteiger partial charge is 0.311 e. The van der Waals surface area contributed by atoms with E-state index in [2.05, 4.69) is 27.7 Å². The topological polar surface area (TPSA) is 57.5 Å². The molecule has 0 bridgehead atoms. The lowest BCUT2D eigenvalue weighted by Crippen LogP contribution is -2.22. The zero-order chi connectivity index (χ0) is 18.7. The van der Waals surface area contributed by atoms with Gasteiger partial charge in [-0.2, -0.15) is 0 Å². The highest BCUT2D eigenvalue weighted by atomic mass is 16.4. The third-order valence-corrected chi connectivity index (χ3v) is 4.36. The Morgan fingerprint density at radius 2 is 1.71 bits per heavy atom. The first kappa shape index (κ1) is 20.5. The number of aromatic hydroxyl groups is 1. The molecule has 0 fully saturated rings. The number of hydrogen-bond acceptors (Lipinski definition) is 2. The predicted octanol–water partition coefficient (Wildman–Crippen LogP) is 5.64. The number of hydrogen-bond donors (Lipinski definition) is 2. The molecule has 1 aromatic rings. The fraction of sp³-hybridized carbons (Fsp3) is 0.667. The minimum Gasteiger partial charge on any atom is -0.508 e. The maximum Gasteiger partial charge on any atom is 0.311 e. The first-order valence-electron chi connectivity index (χ1n) is 8.96. The number of aryl methyl sites for hydroxylation is 1. The SMILES string of the molecule is CCCCc1cc(O)c(C(C)(C)C)cc1C(CC(C)(C)C)C(=O)O. The molecule has 0 saturated carbocycles. The van der Waals surface area contributed by atoms with Crippen molar-refractivity contribution in [3.05, 3.63) is 28.8 Å². The highest BCUT2D eigenvalue weighted by molar-refractivity contribution is 5.77. The second-order valence-corrected chi connectivity index (χ2v) is 9.08. The average molecular weight is 335 g/mol. The molecule has 0 aliphatic rings. The summed E-state index contributed by atoms with van der Waals surface area (Å²) < 4.78 is 0. The summed E-state index contributed by atoms with van der Waals surface area (Å²) in [6.07, 6.45) is 3.41. The Kier molecular flexibility index (Phi) is 6.49. The number of aliphatic carboxylic acids is 1. The quantitative estimate of drug-likeness (QED) is 0.708. The third kappa shape index (κ3) is 5.54. The van der Waals surface area contributed by atoms with Crippen molar-refractivity contribution in [3.63, 3.8) is 0 Å². The van der Waals surface area contributed by atoms with Crippen molar-refractivity contribution in [2.24, 2.45) is 5.41 Å². The van der Waals surface area contributed by atoms with Crippen LogP contribution in [0.2, 0.25) is 0 Å². The first-order chi connectivity index (χ1) is 10.9. The minimum absolute atomic E-state index is 0.0785. The van der Waals surface area contributed by atoms with Gasteiger partial charge in [0.15, 0.2) is 0 Å². The summed E-state index contributed by atoms with van der Waals surface area (Å²) in [5.74, 6) is -1.05. The van der Waals surface area contributed by atoms with E-state index in [1.807, 2.05) is 26.8 Å². The van der Waals surface area contributed by atoms with E-state index in [9.17, 15) is 15.0 Å². The van der Waals surface area contributed by atoms with Crippen molar-refractivity contribution in [2.75, 3.05) is 0 Å². The summed E-state index contributed by atoms with van der Waals surface area (Å²) >= 11 is 0. The number of carboxylic acids is 1. The molecule has 0 aliphatic heterocycles. The van der Waals surface area contributed by atoms with E-state index in [0.717, 1.165) is 36.0 Å². The van der Waals surface area contributed by atoms with E-state index in [1.54, 1.807) is 6.07 Å². The molecular formula is C21H34O3. The normalized spacial score (nSPS) is 13.8. The van der Waals surface area contributed by atoms with Gasteiger partial charge in [0.1, 0.15) is 5.75 Å². The predicted molar refractivity (Wildman–Crippen MR) is 99.9 cm³/mol. The number of unbranched alkanes of at least 4 members (excludes halogenated alkanes) is 1. The van der Waals surface area contributed by atoms with Crippen molar-refractivity contribution in [3.8, 4) is 5.75 Å². The lowest BCUT2D eigenvalue weighted by molar-refractivity contribution is -0.139. The largest absolute Gasteiger partial charge is 0.508 e. The number of rotatable bonds is 6. The Bertz CT molecular complexity index is 574. The molecule has 1 atom stereocenters. The second kappa shape index (κ2) is 7.58. The molecule has 1 aromatic carbocycles.